The molecule has 0 fully saturated rings. The maximum absolute atomic E-state index is 11.8. The number of benzene rings is 1. The van der Waals surface area contributed by atoms with Crippen LogP contribution in [0.4, 0.5) is 5.69 Å². The Morgan fingerprint density at radius 2 is 2.12 bits per heavy atom. The third-order valence-electron chi connectivity index (χ3n) is 2.15. The molecule has 0 aliphatic rings. The number of sulfonamides is 1. The quantitative estimate of drug-likeness (QED) is 0.730. The zero-order valence-corrected chi connectivity index (χ0v) is 10.5. The summed E-state index contributed by atoms with van der Waals surface area (Å²) in [5.74, 6) is 0.593. The number of rotatable bonds is 6. The van der Waals surface area contributed by atoms with Crippen molar-refractivity contribution < 1.29 is 13.2 Å². The number of anilines is 1. The van der Waals surface area contributed by atoms with E-state index in [9.17, 15) is 8.42 Å². The van der Waals surface area contributed by atoms with Crippen molar-refractivity contribution in [2.24, 2.45) is 0 Å². The van der Waals surface area contributed by atoms with Crippen molar-refractivity contribution in [3.8, 4) is 5.75 Å². The van der Waals surface area contributed by atoms with Gasteiger partial charge in [0.1, 0.15) is 5.75 Å². The standard InChI is InChI=1S/C12H15NO3S/c1-4-9-13(17(14,15)5-2)11-7-6-8-12(10-11)16-3/h4-8,10H,1-2,9H2,3H3. The molecular formula is C12H15NO3S. The first-order chi connectivity index (χ1) is 8.05. The number of methoxy groups -OCH3 is 1. The molecule has 0 radical (unpaired) electrons. The Morgan fingerprint density at radius 1 is 1.41 bits per heavy atom. The number of nitrogens with zero attached hydrogens (tertiary/aromatic N) is 1. The molecule has 0 saturated heterocycles. The molecule has 1 rings (SSSR count). The molecule has 0 amide bonds. The molecule has 0 aliphatic heterocycles. The monoisotopic (exact) mass is 253 g/mol. The van der Waals surface area contributed by atoms with E-state index in [1.807, 2.05) is 0 Å². The number of hydrogen-bond acceptors (Lipinski definition) is 3. The molecule has 4 nitrogen and oxygen atoms in total. The Labute approximate surface area is 102 Å². The van der Waals surface area contributed by atoms with Crippen LogP contribution in [0.15, 0.2) is 48.9 Å². The van der Waals surface area contributed by atoms with E-state index >= 15 is 0 Å². The molecule has 0 spiro atoms. The van der Waals surface area contributed by atoms with E-state index in [4.69, 9.17) is 4.74 Å². The van der Waals surface area contributed by atoms with Crippen LogP contribution in [0.3, 0.4) is 0 Å². The van der Waals surface area contributed by atoms with Crippen LogP contribution in [0.5, 0.6) is 5.75 Å². The first-order valence-electron chi connectivity index (χ1n) is 4.95. The molecule has 0 aromatic heterocycles. The van der Waals surface area contributed by atoms with Gasteiger partial charge in [-0.15, -0.1) is 6.58 Å². The normalized spacial score (nSPS) is 10.6. The molecule has 0 N–H and O–H groups in total. The predicted molar refractivity (Wildman–Crippen MR) is 69.7 cm³/mol. The molecule has 0 atom stereocenters. The average Bonchev–Trinajstić information content (AvgIpc) is 2.35. The Bertz CT molecular complexity index is 508. The van der Waals surface area contributed by atoms with Gasteiger partial charge in [0.2, 0.25) is 0 Å². The first kappa shape index (κ1) is 13.3. The molecule has 92 valence electrons. The van der Waals surface area contributed by atoms with E-state index in [-0.39, 0.29) is 6.54 Å². The minimum absolute atomic E-state index is 0.182. The minimum Gasteiger partial charge on any atom is -0.497 e. The highest BCUT2D eigenvalue weighted by Crippen LogP contribution is 2.23. The molecule has 5 heteroatoms. The fourth-order valence-electron chi connectivity index (χ4n) is 1.33. The molecule has 0 bridgehead atoms. The van der Waals surface area contributed by atoms with Gasteiger partial charge in [0.05, 0.1) is 19.3 Å². The fraction of sp³-hybridized carbons (Fsp3) is 0.167. The van der Waals surface area contributed by atoms with Crippen molar-refractivity contribution in [1.29, 1.82) is 0 Å². The average molecular weight is 253 g/mol. The summed E-state index contributed by atoms with van der Waals surface area (Å²) >= 11 is 0. The second-order valence-corrected chi connectivity index (χ2v) is 5.04. The summed E-state index contributed by atoms with van der Waals surface area (Å²) in [6, 6.07) is 6.80. The highest BCUT2D eigenvalue weighted by molar-refractivity contribution is 7.95. The van der Waals surface area contributed by atoms with Crippen molar-refractivity contribution >= 4 is 15.7 Å². The van der Waals surface area contributed by atoms with Crippen LogP contribution in [0, 0.1) is 0 Å². The van der Waals surface area contributed by atoms with Gasteiger partial charge in [-0.05, 0) is 12.1 Å². The smallest absolute Gasteiger partial charge is 0.257 e. The lowest BCUT2D eigenvalue weighted by Crippen LogP contribution is -2.29. The second-order valence-electron chi connectivity index (χ2n) is 3.23. The Morgan fingerprint density at radius 3 is 2.65 bits per heavy atom. The third-order valence-corrected chi connectivity index (χ3v) is 3.55. The Kier molecular flexibility index (Phi) is 4.34. The van der Waals surface area contributed by atoms with Crippen molar-refractivity contribution in [2.75, 3.05) is 18.0 Å². The lowest BCUT2D eigenvalue weighted by Gasteiger charge is -2.21. The highest BCUT2D eigenvalue weighted by atomic mass is 32.2. The van der Waals surface area contributed by atoms with Crippen LogP contribution in [0.25, 0.3) is 0 Å². The van der Waals surface area contributed by atoms with E-state index in [1.54, 1.807) is 24.3 Å². The zero-order chi connectivity index (χ0) is 12.9. The molecule has 0 aliphatic carbocycles. The molecule has 0 saturated carbocycles. The molecule has 17 heavy (non-hydrogen) atoms. The van der Waals surface area contributed by atoms with Crippen LogP contribution in [0.2, 0.25) is 0 Å². The van der Waals surface area contributed by atoms with Gasteiger partial charge in [-0.2, -0.15) is 0 Å². The van der Waals surface area contributed by atoms with E-state index < -0.39 is 10.0 Å². The SMILES string of the molecule is C=CCN(c1cccc(OC)c1)S(=O)(=O)C=C. The predicted octanol–water partition coefficient (Wildman–Crippen LogP) is 2.16. The molecular weight excluding hydrogens is 238 g/mol. The van der Waals surface area contributed by atoms with E-state index in [0.29, 0.717) is 11.4 Å². The topological polar surface area (TPSA) is 46.6 Å². The Hall–Kier alpha value is -1.75. The minimum atomic E-state index is -3.53. The van der Waals surface area contributed by atoms with Crippen LogP contribution >= 0.6 is 0 Å². The van der Waals surface area contributed by atoms with Gasteiger partial charge in [-0.3, -0.25) is 4.31 Å². The number of hydrogen-bond donors (Lipinski definition) is 0. The Balaban J connectivity index is 3.22. The van der Waals surface area contributed by atoms with Gasteiger partial charge in [-0.25, -0.2) is 8.42 Å². The van der Waals surface area contributed by atoms with E-state index in [2.05, 4.69) is 13.2 Å². The maximum atomic E-state index is 11.8. The van der Waals surface area contributed by atoms with Crippen LogP contribution < -0.4 is 9.04 Å². The number of ether oxygens (including phenoxy) is 1. The highest BCUT2D eigenvalue weighted by Gasteiger charge is 2.17. The third kappa shape index (κ3) is 3.10. The molecule has 1 aromatic rings. The lowest BCUT2D eigenvalue weighted by atomic mass is 10.3. The maximum Gasteiger partial charge on any atom is 0.257 e. The van der Waals surface area contributed by atoms with Crippen LogP contribution in [-0.4, -0.2) is 22.1 Å². The van der Waals surface area contributed by atoms with Gasteiger partial charge in [-0.1, -0.05) is 18.7 Å². The first-order valence-corrected chi connectivity index (χ1v) is 6.45. The van der Waals surface area contributed by atoms with Crippen LogP contribution in [0.1, 0.15) is 0 Å². The molecule has 0 heterocycles. The van der Waals surface area contributed by atoms with Gasteiger partial charge < -0.3 is 4.74 Å². The summed E-state index contributed by atoms with van der Waals surface area (Å²) in [5, 5.41) is 0.913. The van der Waals surface area contributed by atoms with Gasteiger partial charge in [0.15, 0.2) is 0 Å². The molecule has 1 aromatic carbocycles. The summed E-state index contributed by atoms with van der Waals surface area (Å²) in [6.07, 6.45) is 1.51. The van der Waals surface area contributed by atoms with Gasteiger partial charge in [0.25, 0.3) is 10.0 Å². The second kappa shape index (κ2) is 5.54. The summed E-state index contributed by atoms with van der Waals surface area (Å²) in [4.78, 5) is 0. The van der Waals surface area contributed by atoms with Gasteiger partial charge >= 0.3 is 0 Å². The summed E-state index contributed by atoms with van der Waals surface area (Å²) in [7, 11) is -2.00. The summed E-state index contributed by atoms with van der Waals surface area (Å²) in [6.45, 7) is 7.04. The van der Waals surface area contributed by atoms with Crippen molar-refractivity contribution in [3.05, 3.63) is 48.9 Å². The van der Waals surface area contributed by atoms with Gasteiger partial charge in [0, 0.05) is 11.5 Å². The van der Waals surface area contributed by atoms with Crippen molar-refractivity contribution in [1.82, 2.24) is 0 Å². The van der Waals surface area contributed by atoms with E-state index in [0.717, 1.165) is 5.41 Å². The molecule has 0 unspecified atom stereocenters. The fourth-order valence-corrected chi connectivity index (χ4v) is 2.23. The van der Waals surface area contributed by atoms with Crippen molar-refractivity contribution in [2.45, 2.75) is 0 Å². The van der Waals surface area contributed by atoms with E-state index in [1.165, 1.54) is 17.5 Å². The lowest BCUT2D eigenvalue weighted by molar-refractivity contribution is 0.415. The summed E-state index contributed by atoms with van der Waals surface area (Å²) < 4.78 is 29.9. The van der Waals surface area contributed by atoms with Crippen LogP contribution in [-0.2, 0) is 10.0 Å². The van der Waals surface area contributed by atoms with Crippen molar-refractivity contribution in [3.63, 3.8) is 0 Å². The zero-order valence-electron chi connectivity index (χ0n) is 9.67. The largest absolute Gasteiger partial charge is 0.497 e. The summed E-state index contributed by atoms with van der Waals surface area (Å²) in [5.41, 5.74) is 0.518.